The minimum atomic E-state index is -3.90. The van der Waals surface area contributed by atoms with E-state index in [1.807, 2.05) is 0 Å². The van der Waals surface area contributed by atoms with Crippen molar-refractivity contribution in [2.24, 2.45) is 0 Å². The Bertz CT molecular complexity index is 1410. The maximum atomic E-state index is 14.3. The van der Waals surface area contributed by atoms with Crippen molar-refractivity contribution in [3.8, 4) is 17.2 Å². The van der Waals surface area contributed by atoms with Crippen molar-refractivity contribution >= 4 is 16.2 Å². The highest BCUT2D eigenvalue weighted by molar-refractivity contribution is 7.86. The minimum absolute atomic E-state index is 0.0827. The second-order valence-corrected chi connectivity index (χ2v) is 10.6. The van der Waals surface area contributed by atoms with E-state index in [2.05, 4.69) is 4.98 Å². The van der Waals surface area contributed by atoms with Crippen molar-refractivity contribution in [1.29, 1.82) is 0 Å². The van der Waals surface area contributed by atoms with Crippen LogP contribution in [0.4, 0.5) is 13.2 Å². The molecule has 9 nitrogen and oxygen atoms in total. The topological polar surface area (TPSA) is 102 Å². The molecule has 0 bridgehead atoms. The van der Waals surface area contributed by atoms with E-state index in [4.69, 9.17) is 13.9 Å². The number of nitrogens with zero attached hydrogens (tertiary/aromatic N) is 3. The number of aryl methyl sites for hydroxylation is 1. The third kappa shape index (κ3) is 6.52. The summed E-state index contributed by atoms with van der Waals surface area (Å²) in [4.78, 5) is 16.1. The summed E-state index contributed by atoms with van der Waals surface area (Å²) < 4.78 is 85.5. The number of halogens is 3. The highest BCUT2D eigenvalue weighted by Gasteiger charge is 2.27. The van der Waals surface area contributed by atoms with Gasteiger partial charge >= 0.3 is 5.97 Å². The van der Waals surface area contributed by atoms with Crippen LogP contribution < -0.4 is 4.74 Å². The lowest BCUT2D eigenvalue weighted by Crippen LogP contribution is -2.42. The van der Waals surface area contributed by atoms with Gasteiger partial charge in [-0.25, -0.2) is 18.2 Å². The predicted molar refractivity (Wildman–Crippen MR) is 132 cm³/mol. The van der Waals surface area contributed by atoms with Crippen LogP contribution >= 0.6 is 0 Å². The number of carbonyl (C=O) groups excluding carboxylic acids is 1. The van der Waals surface area contributed by atoms with Crippen LogP contribution in [-0.4, -0.2) is 55.2 Å². The fourth-order valence-electron chi connectivity index (χ4n) is 3.37. The van der Waals surface area contributed by atoms with Gasteiger partial charge in [-0.15, -0.1) is 0 Å². The smallest absolute Gasteiger partial charge is 0.321 e. The van der Waals surface area contributed by atoms with Gasteiger partial charge in [0.25, 0.3) is 10.2 Å². The summed E-state index contributed by atoms with van der Waals surface area (Å²) >= 11 is 0. The highest BCUT2D eigenvalue weighted by atomic mass is 32.2. The van der Waals surface area contributed by atoms with Crippen LogP contribution in [0.3, 0.4) is 0 Å². The molecule has 0 fully saturated rings. The van der Waals surface area contributed by atoms with Gasteiger partial charge in [0.2, 0.25) is 5.89 Å². The predicted octanol–water partition coefficient (Wildman–Crippen LogP) is 4.13. The molecular formula is C25H28F3N3O6S. The molecule has 0 amide bonds. The first kappa shape index (κ1) is 29.1. The number of carbonyl (C=O) groups is 1. The molecule has 3 aromatic rings. The zero-order valence-corrected chi connectivity index (χ0v) is 22.4. The van der Waals surface area contributed by atoms with Gasteiger partial charge in [0.1, 0.15) is 36.2 Å². The molecule has 38 heavy (non-hydrogen) atoms. The molecule has 0 spiro atoms. The van der Waals surface area contributed by atoms with Gasteiger partial charge in [0.15, 0.2) is 11.6 Å². The monoisotopic (exact) mass is 555 g/mol. The summed E-state index contributed by atoms with van der Waals surface area (Å²) in [7, 11) is -1.17. The Morgan fingerprint density at radius 2 is 1.74 bits per heavy atom. The van der Waals surface area contributed by atoms with Crippen LogP contribution in [0.25, 0.3) is 11.5 Å². The highest BCUT2D eigenvalue weighted by Crippen LogP contribution is 2.29. The summed E-state index contributed by atoms with van der Waals surface area (Å²) in [6, 6.07) is 7.28. The standard InChI is InChI=1S/C25H28F3N3O6S/c1-6-35-22(32)13-31(38(33,34)30(4)5)12-17-7-9-18(10-8-17)36-14-21-16(3)37-25(29-21)19-11-20(26)15(2)23(27)24(19)28/h7-11H,6,12-14H2,1-5H3. The van der Waals surface area contributed by atoms with Gasteiger partial charge in [-0.05, 0) is 44.5 Å². The van der Waals surface area contributed by atoms with Gasteiger partial charge in [-0.1, -0.05) is 12.1 Å². The lowest BCUT2D eigenvalue weighted by Gasteiger charge is -2.24. The fourth-order valence-corrected chi connectivity index (χ4v) is 4.41. The van der Waals surface area contributed by atoms with Gasteiger partial charge < -0.3 is 13.9 Å². The molecule has 206 valence electrons. The number of aromatic nitrogens is 1. The van der Waals surface area contributed by atoms with Gasteiger partial charge in [0.05, 0.1) is 12.2 Å². The largest absolute Gasteiger partial charge is 0.487 e. The number of oxazole rings is 1. The number of hydrogen-bond acceptors (Lipinski definition) is 7. The SMILES string of the molecule is CCOC(=O)CN(Cc1ccc(OCc2nc(-c3cc(F)c(C)c(F)c3F)oc2C)cc1)S(=O)(=O)N(C)C. The Balaban J connectivity index is 1.72. The molecule has 0 aliphatic heterocycles. The average Bonchev–Trinajstić information content (AvgIpc) is 3.24. The van der Waals surface area contributed by atoms with Crippen LogP contribution in [0, 0.1) is 31.3 Å². The second kappa shape index (κ2) is 12.0. The van der Waals surface area contributed by atoms with Crippen molar-refractivity contribution in [3.63, 3.8) is 0 Å². The summed E-state index contributed by atoms with van der Waals surface area (Å²) in [6.07, 6.45) is 0. The zero-order chi connectivity index (χ0) is 28.2. The maximum Gasteiger partial charge on any atom is 0.321 e. The van der Waals surface area contributed by atoms with Crippen LogP contribution in [0.15, 0.2) is 34.7 Å². The summed E-state index contributed by atoms with van der Waals surface area (Å²) in [5.41, 5.74) is 0.00245. The molecule has 0 saturated carbocycles. The van der Waals surface area contributed by atoms with Gasteiger partial charge in [-0.2, -0.15) is 17.0 Å². The summed E-state index contributed by atoms with van der Waals surface area (Å²) in [5.74, 6) is -3.77. The number of ether oxygens (including phenoxy) is 2. The Morgan fingerprint density at radius 1 is 1.08 bits per heavy atom. The first-order chi connectivity index (χ1) is 17.8. The van der Waals surface area contributed by atoms with E-state index in [0.717, 1.165) is 21.6 Å². The van der Waals surface area contributed by atoms with Crippen molar-refractivity contribution < 1.29 is 40.3 Å². The van der Waals surface area contributed by atoms with E-state index in [1.165, 1.54) is 14.1 Å². The third-order valence-corrected chi connectivity index (χ3v) is 7.40. The summed E-state index contributed by atoms with van der Waals surface area (Å²) in [6.45, 7) is 3.82. The first-order valence-corrected chi connectivity index (χ1v) is 12.9. The van der Waals surface area contributed by atoms with Crippen molar-refractivity contribution in [1.82, 2.24) is 13.6 Å². The molecule has 0 saturated heterocycles. The van der Waals surface area contributed by atoms with Crippen molar-refractivity contribution in [3.05, 3.63) is 70.4 Å². The van der Waals surface area contributed by atoms with Crippen molar-refractivity contribution in [2.45, 2.75) is 33.9 Å². The van der Waals surface area contributed by atoms with Crippen molar-refractivity contribution in [2.75, 3.05) is 27.2 Å². The fraction of sp³-hybridized carbons (Fsp3) is 0.360. The Kier molecular flexibility index (Phi) is 9.18. The molecule has 3 rings (SSSR count). The van der Waals surface area contributed by atoms with Crippen LogP contribution in [0.1, 0.15) is 29.5 Å². The number of rotatable bonds is 11. The molecule has 0 aliphatic rings. The Labute approximate surface area is 219 Å². The normalized spacial score (nSPS) is 11.8. The molecule has 0 aliphatic carbocycles. The van der Waals surface area contributed by atoms with Crippen LogP contribution in [-0.2, 0) is 32.9 Å². The second-order valence-electron chi connectivity index (χ2n) is 8.48. The van der Waals surface area contributed by atoms with E-state index >= 15 is 0 Å². The molecule has 1 heterocycles. The number of benzene rings is 2. The Hall–Kier alpha value is -3.42. The molecule has 0 unspecified atom stereocenters. The molecule has 13 heteroatoms. The van der Waals surface area contributed by atoms with Gasteiger partial charge in [-0.3, -0.25) is 4.79 Å². The maximum absolute atomic E-state index is 14.3. The Morgan fingerprint density at radius 3 is 2.34 bits per heavy atom. The number of esters is 1. The molecular weight excluding hydrogens is 527 g/mol. The van der Waals surface area contributed by atoms with Crippen LogP contribution in [0.5, 0.6) is 5.75 Å². The quantitative estimate of drug-likeness (QED) is 0.259. The van der Waals surface area contributed by atoms with E-state index < -0.39 is 51.3 Å². The van der Waals surface area contributed by atoms with E-state index in [1.54, 1.807) is 38.1 Å². The molecule has 1 aromatic heterocycles. The lowest BCUT2D eigenvalue weighted by atomic mass is 10.1. The molecule has 2 aromatic carbocycles. The molecule has 0 atom stereocenters. The van der Waals surface area contributed by atoms with Crippen LogP contribution in [0.2, 0.25) is 0 Å². The molecule has 0 radical (unpaired) electrons. The lowest BCUT2D eigenvalue weighted by molar-refractivity contribution is -0.143. The zero-order valence-electron chi connectivity index (χ0n) is 21.5. The van der Waals surface area contributed by atoms with E-state index in [-0.39, 0.29) is 31.4 Å². The van der Waals surface area contributed by atoms with Gasteiger partial charge in [0, 0.05) is 26.2 Å². The minimum Gasteiger partial charge on any atom is -0.487 e. The van der Waals surface area contributed by atoms with E-state index in [0.29, 0.717) is 17.0 Å². The first-order valence-electron chi connectivity index (χ1n) is 11.5. The molecule has 0 N–H and O–H groups in total. The summed E-state index contributed by atoms with van der Waals surface area (Å²) in [5, 5.41) is 0. The van der Waals surface area contributed by atoms with E-state index in [9.17, 15) is 26.4 Å². The number of hydrogen-bond donors (Lipinski definition) is 0. The average molecular weight is 556 g/mol. The third-order valence-electron chi connectivity index (χ3n) is 5.57.